The van der Waals surface area contributed by atoms with Crippen LogP contribution in [0.15, 0.2) is 48.5 Å². The molecule has 0 aliphatic rings. The van der Waals surface area contributed by atoms with Gasteiger partial charge in [-0.15, -0.1) is 0 Å². The molecule has 0 heterocycles. The summed E-state index contributed by atoms with van der Waals surface area (Å²) in [6.07, 6.45) is 0. The highest BCUT2D eigenvalue weighted by molar-refractivity contribution is 5.78. The molecule has 1 N–H and O–H groups in total. The first-order chi connectivity index (χ1) is 11.1. The van der Waals surface area contributed by atoms with Crippen molar-refractivity contribution in [3.05, 3.63) is 65.5 Å². The van der Waals surface area contributed by atoms with Crippen molar-refractivity contribution in [3.8, 4) is 17.9 Å². The first-order valence-electron chi connectivity index (χ1n) is 6.70. The summed E-state index contributed by atoms with van der Waals surface area (Å²) in [6.45, 7) is -0.335. The highest BCUT2D eigenvalue weighted by Crippen LogP contribution is 2.17. The zero-order chi connectivity index (χ0) is 16.7. The molecule has 0 bridgehead atoms. The molecule has 0 saturated carbocycles. The lowest BCUT2D eigenvalue weighted by atomic mass is 10.1. The number of carbonyl (C=O) groups excluding carboxylic acids is 1. The third kappa shape index (κ3) is 4.29. The number of nitrogens with zero attached hydrogens (tertiary/aromatic N) is 2. The van der Waals surface area contributed by atoms with E-state index in [1.165, 1.54) is 24.3 Å². The lowest BCUT2D eigenvalue weighted by Gasteiger charge is -2.13. The fourth-order valence-corrected chi connectivity index (χ4v) is 1.88. The topological polar surface area (TPSA) is 85.9 Å². The van der Waals surface area contributed by atoms with Gasteiger partial charge in [0.1, 0.15) is 23.7 Å². The third-order valence-corrected chi connectivity index (χ3v) is 3.00. The van der Waals surface area contributed by atoms with Crippen molar-refractivity contribution in [2.45, 2.75) is 6.04 Å². The zero-order valence-corrected chi connectivity index (χ0v) is 12.0. The Labute approximate surface area is 132 Å². The SMILES string of the molecule is N#Cc1ccccc1OCC(=O)N[C@H](C#N)c1ccc(F)cc1. The number of para-hydroxylation sites is 1. The van der Waals surface area contributed by atoms with Crippen LogP contribution in [0, 0.1) is 28.5 Å². The van der Waals surface area contributed by atoms with Gasteiger partial charge in [0.05, 0.1) is 11.6 Å². The maximum Gasteiger partial charge on any atom is 0.259 e. The summed E-state index contributed by atoms with van der Waals surface area (Å²) < 4.78 is 18.2. The largest absolute Gasteiger partial charge is 0.482 e. The van der Waals surface area contributed by atoms with Crippen LogP contribution < -0.4 is 10.1 Å². The Morgan fingerprint density at radius 2 is 1.87 bits per heavy atom. The minimum absolute atomic E-state index is 0.292. The van der Waals surface area contributed by atoms with Crippen LogP contribution in [0.4, 0.5) is 4.39 Å². The lowest BCUT2D eigenvalue weighted by molar-refractivity contribution is -0.123. The van der Waals surface area contributed by atoms with Gasteiger partial charge in [-0.25, -0.2) is 4.39 Å². The van der Waals surface area contributed by atoms with Gasteiger partial charge in [-0.1, -0.05) is 24.3 Å². The van der Waals surface area contributed by atoms with E-state index in [4.69, 9.17) is 15.3 Å². The Morgan fingerprint density at radius 1 is 1.17 bits per heavy atom. The normalized spacial score (nSPS) is 10.9. The molecule has 0 radical (unpaired) electrons. The summed E-state index contributed by atoms with van der Waals surface area (Å²) >= 11 is 0. The molecule has 0 aliphatic carbocycles. The van der Waals surface area contributed by atoms with E-state index in [1.54, 1.807) is 24.3 Å². The molecule has 0 spiro atoms. The highest BCUT2D eigenvalue weighted by atomic mass is 19.1. The lowest BCUT2D eigenvalue weighted by Crippen LogP contribution is -2.32. The highest BCUT2D eigenvalue weighted by Gasteiger charge is 2.14. The molecule has 6 heteroatoms. The Bertz CT molecular complexity index is 776. The van der Waals surface area contributed by atoms with Crippen molar-refractivity contribution in [1.82, 2.24) is 5.32 Å². The molecular formula is C17H12FN3O2. The van der Waals surface area contributed by atoms with Crippen LogP contribution in [0.5, 0.6) is 5.75 Å². The number of benzene rings is 2. The molecule has 23 heavy (non-hydrogen) atoms. The number of halogens is 1. The van der Waals surface area contributed by atoms with Gasteiger partial charge in [-0.2, -0.15) is 10.5 Å². The van der Waals surface area contributed by atoms with Crippen LogP contribution >= 0.6 is 0 Å². The quantitative estimate of drug-likeness (QED) is 0.919. The number of amides is 1. The predicted octanol–water partition coefficient (Wildman–Crippen LogP) is 2.46. The van der Waals surface area contributed by atoms with Crippen molar-refractivity contribution >= 4 is 5.91 Å². The van der Waals surface area contributed by atoms with E-state index < -0.39 is 17.8 Å². The minimum atomic E-state index is -0.905. The first-order valence-corrected chi connectivity index (χ1v) is 6.70. The van der Waals surface area contributed by atoms with E-state index in [1.807, 2.05) is 12.1 Å². The van der Waals surface area contributed by atoms with E-state index >= 15 is 0 Å². The summed E-state index contributed by atoms with van der Waals surface area (Å²) in [5, 5.41) is 20.5. The molecule has 0 unspecified atom stereocenters. The summed E-state index contributed by atoms with van der Waals surface area (Å²) in [6, 6.07) is 14.8. The Kier molecular flexibility index (Phi) is 5.27. The van der Waals surface area contributed by atoms with E-state index in [0.717, 1.165) is 0 Å². The van der Waals surface area contributed by atoms with Crippen molar-refractivity contribution in [2.24, 2.45) is 0 Å². The second kappa shape index (κ2) is 7.58. The van der Waals surface area contributed by atoms with Crippen molar-refractivity contribution < 1.29 is 13.9 Å². The molecule has 1 atom stereocenters. The van der Waals surface area contributed by atoms with Gasteiger partial charge < -0.3 is 10.1 Å². The summed E-state index contributed by atoms with van der Waals surface area (Å²) in [5.74, 6) is -0.651. The number of hydrogen-bond acceptors (Lipinski definition) is 4. The minimum Gasteiger partial charge on any atom is -0.482 e. The number of rotatable bonds is 5. The van der Waals surface area contributed by atoms with Gasteiger partial charge >= 0.3 is 0 Å². The third-order valence-electron chi connectivity index (χ3n) is 3.00. The number of hydrogen-bond donors (Lipinski definition) is 1. The van der Waals surface area contributed by atoms with Crippen LogP contribution in [0.1, 0.15) is 17.2 Å². The molecule has 2 aromatic carbocycles. The number of ether oxygens (including phenoxy) is 1. The Morgan fingerprint density at radius 3 is 2.52 bits per heavy atom. The number of nitrogens with one attached hydrogen (secondary N) is 1. The monoisotopic (exact) mass is 309 g/mol. The molecule has 0 fully saturated rings. The van der Waals surface area contributed by atoms with Gasteiger partial charge in [0.25, 0.3) is 5.91 Å². The zero-order valence-electron chi connectivity index (χ0n) is 12.0. The maximum atomic E-state index is 12.9. The molecule has 2 aromatic rings. The molecule has 2 rings (SSSR count). The van der Waals surface area contributed by atoms with E-state index in [-0.39, 0.29) is 6.61 Å². The summed E-state index contributed by atoms with van der Waals surface area (Å²) in [7, 11) is 0. The van der Waals surface area contributed by atoms with E-state index in [2.05, 4.69) is 5.32 Å². The number of nitriles is 2. The van der Waals surface area contributed by atoms with Crippen LogP contribution in [-0.4, -0.2) is 12.5 Å². The average molecular weight is 309 g/mol. The van der Waals surface area contributed by atoms with Crippen LogP contribution in [0.3, 0.4) is 0 Å². The molecule has 0 aliphatic heterocycles. The molecule has 5 nitrogen and oxygen atoms in total. The van der Waals surface area contributed by atoms with Crippen LogP contribution in [-0.2, 0) is 4.79 Å². The smallest absolute Gasteiger partial charge is 0.259 e. The van der Waals surface area contributed by atoms with Gasteiger partial charge in [-0.05, 0) is 29.8 Å². The fourth-order valence-electron chi connectivity index (χ4n) is 1.88. The van der Waals surface area contributed by atoms with Gasteiger partial charge in [0.2, 0.25) is 0 Å². The van der Waals surface area contributed by atoms with Gasteiger partial charge in [-0.3, -0.25) is 4.79 Å². The Balaban J connectivity index is 1.97. The van der Waals surface area contributed by atoms with E-state index in [9.17, 15) is 9.18 Å². The Hall–Kier alpha value is -3.38. The molecular weight excluding hydrogens is 297 g/mol. The molecule has 0 aromatic heterocycles. The van der Waals surface area contributed by atoms with Crippen molar-refractivity contribution in [3.63, 3.8) is 0 Å². The predicted molar refractivity (Wildman–Crippen MR) is 79.5 cm³/mol. The molecule has 114 valence electrons. The average Bonchev–Trinajstić information content (AvgIpc) is 2.59. The second-order valence-corrected chi connectivity index (χ2v) is 4.58. The van der Waals surface area contributed by atoms with Gasteiger partial charge in [0, 0.05) is 0 Å². The van der Waals surface area contributed by atoms with Crippen LogP contribution in [0.25, 0.3) is 0 Å². The second-order valence-electron chi connectivity index (χ2n) is 4.58. The van der Waals surface area contributed by atoms with Crippen molar-refractivity contribution in [1.29, 1.82) is 10.5 Å². The first kappa shape index (κ1) is 16.0. The fraction of sp³-hybridized carbons (Fsp3) is 0.118. The number of carbonyl (C=O) groups is 1. The summed E-state index contributed by atoms with van der Waals surface area (Å²) in [5.41, 5.74) is 0.787. The maximum absolute atomic E-state index is 12.9. The molecule has 1 amide bonds. The van der Waals surface area contributed by atoms with Crippen molar-refractivity contribution in [2.75, 3.05) is 6.61 Å². The molecule has 0 saturated heterocycles. The standard InChI is InChI=1S/C17H12FN3O2/c18-14-7-5-12(6-8-14)15(10-20)21-17(22)11-23-16-4-2-1-3-13(16)9-19/h1-8,15H,11H2,(H,21,22)/t15-/m1/s1. The van der Waals surface area contributed by atoms with E-state index in [0.29, 0.717) is 16.9 Å². The van der Waals surface area contributed by atoms with Gasteiger partial charge in [0.15, 0.2) is 6.61 Å². The summed E-state index contributed by atoms with van der Waals surface area (Å²) in [4.78, 5) is 11.9. The van der Waals surface area contributed by atoms with Crippen LogP contribution in [0.2, 0.25) is 0 Å².